The SMILES string of the molecule is COc1ncc(F)c(-c2ccc(-c3cnc(N(C4CC4)[C@H]4C[C@]5(C)CCC[C@@](C)(N5)[C@H]4F)nn3)c(O)c2)n1. The third-order valence-corrected chi connectivity index (χ3v) is 8.15. The van der Waals surface area contributed by atoms with E-state index in [2.05, 4.69) is 37.4 Å². The van der Waals surface area contributed by atoms with Crippen LogP contribution in [0.25, 0.3) is 22.5 Å². The number of phenols is 1. The molecule has 6 rings (SSSR count). The Labute approximate surface area is 219 Å². The average Bonchev–Trinajstić information content (AvgIpc) is 3.73. The van der Waals surface area contributed by atoms with Crippen molar-refractivity contribution in [1.29, 1.82) is 0 Å². The second kappa shape index (κ2) is 9.07. The maximum atomic E-state index is 16.0. The van der Waals surface area contributed by atoms with Crippen LogP contribution in [0.5, 0.6) is 11.8 Å². The van der Waals surface area contributed by atoms with E-state index in [-0.39, 0.29) is 35.1 Å². The van der Waals surface area contributed by atoms with E-state index in [1.165, 1.54) is 13.2 Å². The molecule has 2 N–H and O–H groups in total. The van der Waals surface area contributed by atoms with Gasteiger partial charge in [-0.25, -0.2) is 18.7 Å². The lowest BCUT2D eigenvalue weighted by Crippen LogP contribution is -2.73. The summed E-state index contributed by atoms with van der Waals surface area (Å²) in [5.74, 6) is -0.361. The van der Waals surface area contributed by atoms with Crippen LogP contribution in [0.3, 0.4) is 0 Å². The van der Waals surface area contributed by atoms with Gasteiger partial charge >= 0.3 is 6.01 Å². The highest BCUT2D eigenvalue weighted by molar-refractivity contribution is 5.72. The molecular formula is C27H31F2N7O2. The number of piperidine rings is 2. The number of rotatable bonds is 6. The number of nitrogens with one attached hydrogen (secondary N) is 1. The zero-order valence-electron chi connectivity index (χ0n) is 21.7. The fraction of sp³-hybridized carbons (Fsp3) is 0.519. The van der Waals surface area contributed by atoms with Gasteiger partial charge in [0.25, 0.3) is 0 Å². The predicted octanol–water partition coefficient (Wildman–Crippen LogP) is 4.22. The summed E-state index contributed by atoms with van der Waals surface area (Å²) < 4.78 is 35.3. The molecule has 0 unspecified atom stereocenters. The highest BCUT2D eigenvalue weighted by Gasteiger charge is 2.56. The summed E-state index contributed by atoms with van der Waals surface area (Å²) in [6.07, 6.45) is 6.96. The summed E-state index contributed by atoms with van der Waals surface area (Å²) >= 11 is 0. The minimum atomic E-state index is -1.06. The number of methoxy groups -OCH3 is 1. The number of ether oxygens (including phenoxy) is 1. The number of hydrogen-bond donors (Lipinski definition) is 2. The first-order valence-corrected chi connectivity index (χ1v) is 13.0. The van der Waals surface area contributed by atoms with Crippen LogP contribution in [0.1, 0.15) is 52.4 Å². The first-order valence-electron chi connectivity index (χ1n) is 13.0. The number of hydrogen-bond acceptors (Lipinski definition) is 9. The summed E-state index contributed by atoms with van der Waals surface area (Å²) in [5.41, 5.74) is 0.410. The molecule has 0 spiro atoms. The van der Waals surface area contributed by atoms with E-state index in [1.54, 1.807) is 18.3 Å². The highest BCUT2D eigenvalue weighted by atomic mass is 19.1. The first kappa shape index (κ1) is 24.8. The lowest BCUT2D eigenvalue weighted by atomic mass is 9.68. The number of fused-ring (bicyclic) bond motifs is 2. The highest BCUT2D eigenvalue weighted by Crippen LogP contribution is 2.46. The maximum Gasteiger partial charge on any atom is 0.316 e. The molecule has 3 aromatic rings. The Kier molecular flexibility index (Phi) is 5.93. The van der Waals surface area contributed by atoms with Gasteiger partial charge in [-0.05, 0) is 64.5 Å². The van der Waals surface area contributed by atoms with Crippen molar-refractivity contribution in [1.82, 2.24) is 30.5 Å². The molecule has 4 heterocycles. The number of aromatic hydroxyl groups is 1. The number of phenolic OH excluding ortho intramolecular Hbond substituents is 1. The van der Waals surface area contributed by atoms with Crippen LogP contribution in [0.15, 0.2) is 30.6 Å². The number of benzene rings is 1. The number of nitrogens with zero attached hydrogens (tertiary/aromatic N) is 6. The molecule has 200 valence electrons. The van der Waals surface area contributed by atoms with E-state index < -0.39 is 17.5 Å². The Balaban J connectivity index is 1.28. The zero-order chi connectivity index (χ0) is 26.7. The Bertz CT molecular complexity index is 1360. The van der Waals surface area contributed by atoms with Crippen LogP contribution < -0.4 is 15.0 Å². The van der Waals surface area contributed by atoms with Crippen LogP contribution >= 0.6 is 0 Å². The van der Waals surface area contributed by atoms with Crippen LogP contribution in [0.4, 0.5) is 14.7 Å². The zero-order valence-corrected chi connectivity index (χ0v) is 21.7. The van der Waals surface area contributed by atoms with Crippen LogP contribution in [0.2, 0.25) is 0 Å². The van der Waals surface area contributed by atoms with Crippen molar-refractivity contribution in [2.45, 2.75) is 81.7 Å². The molecular weight excluding hydrogens is 492 g/mol. The van der Waals surface area contributed by atoms with Gasteiger partial charge in [0.15, 0.2) is 5.82 Å². The van der Waals surface area contributed by atoms with E-state index in [1.807, 2.05) is 11.8 Å². The molecule has 0 amide bonds. The number of alkyl halides is 1. The van der Waals surface area contributed by atoms with Crippen molar-refractivity contribution in [3.05, 3.63) is 36.4 Å². The fourth-order valence-electron chi connectivity index (χ4n) is 6.24. The van der Waals surface area contributed by atoms with Crippen LogP contribution in [0, 0.1) is 5.82 Å². The standard InChI is InChI=1S/C27H31F2N7O2/c1-26-9-4-10-27(2,35-26)23(29)20(12-26)36(16-6-7-16)24-30-14-19(33-34-24)17-8-5-15(11-21(17)37)22-18(28)13-31-25(32-22)38-3/h5,8,11,13-14,16,20,23,35,37H,4,6-7,9-10,12H2,1-3H3/t20-,23-,26-,27+/m0/s1. The molecule has 1 saturated carbocycles. The van der Waals surface area contributed by atoms with E-state index in [0.29, 0.717) is 29.2 Å². The van der Waals surface area contributed by atoms with Crippen molar-refractivity contribution < 1.29 is 18.6 Å². The molecule has 1 aliphatic carbocycles. The number of anilines is 1. The molecule has 9 nitrogen and oxygen atoms in total. The molecule has 4 atom stereocenters. The smallest absolute Gasteiger partial charge is 0.316 e. The largest absolute Gasteiger partial charge is 0.507 e. The summed E-state index contributed by atoms with van der Waals surface area (Å²) in [5, 5.41) is 23.1. The van der Waals surface area contributed by atoms with Gasteiger partial charge in [-0.2, -0.15) is 4.98 Å². The van der Waals surface area contributed by atoms with Crippen molar-refractivity contribution in [2.24, 2.45) is 0 Å². The van der Waals surface area contributed by atoms with E-state index in [0.717, 1.165) is 38.3 Å². The average molecular weight is 524 g/mol. The van der Waals surface area contributed by atoms with E-state index in [9.17, 15) is 9.50 Å². The molecule has 2 saturated heterocycles. The molecule has 11 heteroatoms. The molecule has 2 aliphatic heterocycles. The molecule has 3 aliphatic rings. The van der Waals surface area contributed by atoms with E-state index >= 15 is 4.39 Å². The second-order valence-corrected chi connectivity index (χ2v) is 11.2. The summed E-state index contributed by atoms with van der Waals surface area (Å²) in [6.45, 7) is 4.18. The predicted molar refractivity (Wildman–Crippen MR) is 137 cm³/mol. The minimum absolute atomic E-state index is 0.00763. The van der Waals surface area contributed by atoms with Gasteiger partial charge in [0, 0.05) is 28.2 Å². The van der Waals surface area contributed by atoms with Gasteiger partial charge in [0.1, 0.15) is 23.3 Å². The minimum Gasteiger partial charge on any atom is -0.507 e. The first-order chi connectivity index (χ1) is 18.2. The van der Waals surface area contributed by atoms with Gasteiger partial charge in [0.2, 0.25) is 5.95 Å². The molecule has 2 bridgehead atoms. The molecule has 1 aromatic carbocycles. The summed E-state index contributed by atoms with van der Waals surface area (Å²) in [6, 6.07) is 4.51. The van der Waals surface area contributed by atoms with Crippen molar-refractivity contribution >= 4 is 5.95 Å². The third kappa shape index (κ3) is 4.32. The van der Waals surface area contributed by atoms with Gasteiger partial charge in [-0.3, -0.25) is 0 Å². The normalized spacial score (nSPS) is 28.7. The lowest BCUT2D eigenvalue weighted by Gasteiger charge is -2.57. The Hall–Kier alpha value is -3.47. The number of halogens is 2. The Morgan fingerprint density at radius 2 is 1.95 bits per heavy atom. The monoisotopic (exact) mass is 523 g/mol. The van der Waals surface area contributed by atoms with Crippen LogP contribution in [-0.2, 0) is 0 Å². The van der Waals surface area contributed by atoms with Gasteiger partial charge in [-0.1, -0.05) is 6.07 Å². The molecule has 0 radical (unpaired) electrons. The molecule has 2 aromatic heterocycles. The Morgan fingerprint density at radius 1 is 1.13 bits per heavy atom. The summed E-state index contributed by atoms with van der Waals surface area (Å²) in [4.78, 5) is 14.4. The number of aromatic nitrogens is 5. The fourth-order valence-corrected chi connectivity index (χ4v) is 6.24. The van der Waals surface area contributed by atoms with Gasteiger partial charge in [-0.15, -0.1) is 10.2 Å². The van der Waals surface area contributed by atoms with Gasteiger partial charge < -0.3 is 20.1 Å². The van der Waals surface area contributed by atoms with Crippen molar-refractivity contribution in [3.8, 4) is 34.3 Å². The third-order valence-electron chi connectivity index (χ3n) is 8.15. The molecule has 3 fully saturated rings. The van der Waals surface area contributed by atoms with Crippen molar-refractivity contribution in [2.75, 3.05) is 12.0 Å². The topological polar surface area (TPSA) is 109 Å². The van der Waals surface area contributed by atoms with E-state index in [4.69, 9.17) is 4.74 Å². The summed E-state index contributed by atoms with van der Waals surface area (Å²) in [7, 11) is 1.39. The molecule has 38 heavy (non-hydrogen) atoms. The second-order valence-electron chi connectivity index (χ2n) is 11.2. The van der Waals surface area contributed by atoms with Gasteiger partial charge in [0.05, 0.1) is 25.5 Å². The quantitative estimate of drug-likeness (QED) is 0.491. The van der Waals surface area contributed by atoms with Crippen LogP contribution in [-0.4, -0.2) is 66.7 Å². The lowest BCUT2D eigenvalue weighted by molar-refractivity contribution is 0.0000874. The van der Waals surface area contributed by atoms with Crippen molar-refractivity contribution in [3.63, 3.8) is 0 Å². The Morgan fingerprint density at radius 3 is 2.63 bits per heavy atom. The maximum absolute atomic E-state index is 16.0.